The summed E-state index contributed by atoms with van der Waals surface area (Å²) in [5.74, 6) is -0.256. The lowest BCUT2D eigenvalue weighted by Crippen LogP contribution is -2.33. The summed E-state index contributed by atoms with van der Waals surface area (Å²) in [6, 6.07) is 0. The lowest BCUT2D eigenvalue weighted by atomic mass is 10.2. The fourth-order valence-electron chi connectivity index (χ4n) is 1.73. The Morgan fingerprint density at radius 3 is 2.82 bits per heavy atom. The van der Waals surface area contributed by atoms with Crippen molar-refractivity contribution < 1.29 is 14.6 Å². The Hall–Kier alpha value is -1.73. The molecule has 0 amide bonds. The van der Waals surface area contributed by atoms with Crippen LogP contribution in [0.4, 0.5) is 0 Å². The molecule has 0 saturated carbocycles. The number of carbonyl (C=O) groups is 1. The van der Waals surface area contributed by atoms with Crippen LogP contribution in [0.15, 0.2) is 15.8 Å². The minimum absolute atomic E-state index is 0.0105. The molecule has 0 aromatic carbocycles. The first-order valence-corrected chi connectivity index (χ1v) is 5.14. The van der Waals surface area contributed by atoms with E-state index in [9.17, 15) is 14.4 Å². The van der Waals surface area contributed by atoms with Crippen molar-refractivity contribution in [2.45, 2.75) is 25.7 Å². The summed E-state index contributed by atoms with van der Waals surface area (Å²) in [5.41, 5.74) is -0.737. The Morgan fingerprint density at radius 2 is 2.24 bits per heavy atom. The summed E-state index contributed by atoms with van der Waals surface area (Å²) >= 11 is 0. The number of aliphatic hydroxyl groups is 1. The molecule has 1 aromatic heterocycles. The molecule has 1 aromatic rings. The molecule has 0 spiro atoms. The van der Waals surface area contributed by atoms with Crippen LogP contribution in [0, 0.1) is 6.92 Å². The molecular weight excluding hydrogens is 228 g/mol. The standard InChI is InChI=1S/C10H12N2O5/c1-5-3-12(10(16)11-9(5)15)8-2-6(14)7(4-13)17-8/h3,7-8,13H,2,4H2,1H3,(H,11,15,16)/t7-,8-/m1/s1. The third kappa shape index (κ3) is 2.06. The average molecular weight is 240 g/mol. The van der Waals surface area contributed by atoms with Gasteiger partial charge in [-0.1, -0.05) is 0 Å². The molecule has 2 atom stereocenters. The second-order valence-electron chi connectivity index (χ2n) is 3.91. The van der Waals surface area contributed by atoms with Gasteiger partial charge in [0, 0.05) is 11.8 Å². The summed E-state index contributed by atoms with van der Waals surface area (Å²) in [6.07, 6.45) is -0.294. The molecule has 0 unspecified atom stereocenters. The Morgan fingerprint density at radius 1 is 1.53 bits per heavy atom. The third-order valence-electron chi connectivity index (χ3n) is 2.68. The topological polar surface area (TPSA) is 101 Å². The predicted molar refractivity (Wildman–Crippen MR) is 56.7 cm³/mol. The Balaban J connectivity index is 2.37. The van der Waals surface area contributed by atoms with E-state index in [1.54, 1.807) is 6.92 Å². The van der Waals surface area contributed by atoms with Crippen molar-refractivity contribution in [3.63, 3.8) is 0 Å². The van der Waals surface area contributed by atoms with Gasteiger partial charge >= 0.3 is 5.69 Å². The maximum Gasteiger partial charge on any atom is 0.330 e. The predicted octanol–water partition coefficient (Wildman–Crippen LogP) is -1.31. The van der Waals surface area contributed by atoms with Crippen molar-refractivity contribution >= 4 is 5.78 Å². The minimum Gasteiger partial charge on any atom is -0.393 e. The highest BCUT2D eigenvalue weighted by molar-refractivity contribution is 5.85. The lowest BCUT2D eigenvalue weighted by Gasteiger charge is -2.13. The summed E-state index contributed by atoms with van der Waals surface area (Å²) in [7, 11) is 0. The molecule has 92 valence electrons. The van der Waals surface area contributed by atoms with Crippen LogP contribution in [-0.4, -0.2) is 33.2 Å². The molecule has 1 aliphatic rings. The van der Waals surface area contributed by atoms with E-state index < -0.39 is 30.2 Å². The second kappa shape index (κ2) is 4.27. The van der Waals surface area contributed by atoms with Gasteiger partial charge < -0.3 is 9.84 Å². The van der Waals surface area contributed by atoms with Crippen LogP contribution < -0.4 is 11.2 Å². The zero-order chi connectivity index (χ0) is 12.6. The number of nitrogens with one attached hydrogen (secondary N) is 1. The van der Waals surface area contributed by atoms with Crippen molar-refractivity contribution in [3.8, 4) is 0 Å². The van der Waals surface area contributed by atoms with Crippen LogP contribution in [0.3, 0.4) is 0 Å². The van der Waals surface area contributed by atoms with Gasteiger partial charge in [-0.05, 0) is 6.92 Å². The molecule has 1 saturated heterocycles. The lowest BCUT2D eigenvalue weighted by molar-refractivity contribution is -0.124. The molecule has 7 heteroatoms. The number of aromatic nitrogens is 2. The normalized spacial score (nSPS) is 24.2. The van der Waals surface area contributed by atoms with E-state index >= 15 is 0 Å². The van der Waals surface area contributed by atoms with Gasteiger partial charge in [0.05, 0.1) is 13.0 Å². The average Bonchev–Trinajstić information content (AvgIpc) is 2.65. The molecule has 7 nitrogen and oxygen atoms in total. The zero-order valence-electron chi connectivity index (χ0n) is 9.17. The van der Waals surface area contributed by atoms with E-state index in [0.717, 1.165) is 4.57 Å². The van der Waals surface area contributed by atoms with Gasteiger partial charge in [-0.15, -0.1) is 0 Å². The molecule has 2 heterocycles. The number of aliphatic hydroxyl groups excluding tert-OH is 1. The van der Waals surface area contributed by atoms with Crippen molar-refractivity contribution in [1.82, 2.24) is 9.55 Å². The molecule has 0 radical (unpaired) electrons. The van der Waals surface area contributed by atoms with Gasteiger partial charge in [-0.2, -0.15) is 0 Å². The fraction of sp³-hybridized carbons (Fsp3) is 0.500. The number of ketones is 1. The number of H-pyrrole nitrogens is 1. The number of hydrogen-bond donors (Lipinski definition) is 2. The SMILES string of the molecule is Cc1cn([C@H]2CC(=O)[C@@H](CO)O2)c(=O)[nH]c1=O. The van der Waals surface area contributed by atoms with E-state index in [1.165, 1.54) is 6.20 Å². The van der Waals surface area contributed by atoms with E-state index in [1.807, 2.05) is 0 Å². The number of Topliss-reactive ketones (excluding diaryl/α,β-unsaturated/α-hetero) is 1. The van der Waals surface area contributed by atoms with Crippen LogP contribution in [0.2, 0.25) is 0 Å². The van der Waals surface area contributed by atoms with Crippen LogP contribution >= 0.6 is 0 Å². The van der Waals surface area contributed by atoms with Crippen LogP contribution in [0.5, 0.6) is 0 Å². The molecule has 2 N–H and O–H groups in total. The number of aryl methyl sites for hydroxylation is 1. The van der Waals surface area contributed by atoms with Gasteiger partial charge in [-0.25, -0.2) is 4.79 Å². The Kier molecular flexibility index (Phi) is 2.95. The molecule has 17 heavy (non-hydrogen) atoms. The monoisotopic (exact) mass is 240 g/mol. The first-order valence-electron chi connectivity index (χ1n) is 5.14. The van der Waals surface area contributed by atoms with Crippen molar-refractivity contribution in [2.24, 2.45) is 0 Å². The van der Waals surface area contributed by atoms with Crippen LogP contribution in [-0.2, 0) is 9.53 Å². The third-order valence-corrected chi connectivity index (χ3v) is 2.68. The fourth-order valence-corrected chi connectivity index (χ4v) is 1.73. The highest BCUT2D eigenvalue weighted by atomic mass is 16.5. The highest BCUT2D eigenvalue weighted by Gasteiger charge is 2.34. The maximum absolute atomic E-state index is 11.5. The maximum atomic E-state index is 11.5. The quantitative estimate of drug-likeness (QED) is 0.668. The number of carbonyl (C=O) groups excluding carboxylic acids is 1. The smallest absolute Gasteiger partial charge is 0.330 e. The summed E-state index contributed by atoms with van der Waals surface area (Å²) in [5, 5.41) is 8.88. The Labute approximate surface area is 95.7 Å². The van der Waals surface area contributed by atoms with E-state index in [4.69, 9.17) is 9.84 Å². The summed E-state index contributed by atoms with van der Waals surface area (Å²) in [6.45, 7) is 1.14. The zero-order valence-corrected chi connectivity index (χ0v) is 9.17. The van der Waals surface area contributed by atoms with Crippen molar-refractivity contribution in [2.75, 3.05) is 6.61 Å². The Bertz CT molecular complexity index is 559. The number of nitrogens with zero attached hydrogens (tertiary/aromatic N) is 1. The first kappa shape index (κ1) is 11.7. The highest BCUT2D eigenvalue weighted by Crippen LogP contribution is 2.23. The first-order chi connectivity index (χ1) is 8.02. The van der Waals surface area contributed by atoms with E-state index in [2.05, 4.69) is 4.98 Å². The van der Waals surface area contributed by atoms with Gasteiger partial charge in [0.25, 0.3) is 5.56 Å². The molecule has 0 bridgehead atoms. The van der Waals surface area contributed by atoms with Crippen molar-refractivity contribution in [1.29, 1.82) is 0 Å². The van der Waals surface area contributed by atoms with Gasteiger partial charge in [0.1, 0.15) is 12.3 Å². The number of ether oxygens (including phenoxy) is 1. The number of hydrogen-bond acceptors (Lipinski definition) is 5. The number of aromatic amines is 1. The van der Waals surface area contributed by atoms with Gasteiger partial charge in [0.2, 0.25) is 0 Å². The second-order valence-corrected chi connectivity index (χ2v) is 3.91. The van der Waals surface area contributed by atoms with E-state index in [0.29, 0.717) is 5.56 Å². The molecule has 1 fully saturated rings. The minimum atomic E-state index is -0.890. The van der Waals surface area contributed by atoms with Crippen LogP contribution in [0.1, 0.15) is 18.2 Å². The van der Waals surface area contributed by atoms with Gasteiger partial charge in [0.15, 0.2) is 5.78 Å². The molecule has 0 aliphatic carbocycles. The number of rotatable bonds is 2. The molecule has 1 aliphatic heterocycles. The molecular formula is C10H12N2O5. The van der Waals surface area contributed by atoms with E-state index in [-0.39, 0.29) is 12.2 Å². The van der Waals surface area contributed by atoms with Crippen molar-refractivity contribution in [3.05, 3.63) is 32.6 Å². The largest absolute Gasteiger partial charge is 0.393 e. The van der Waals surface area contributed by atoms with Crippen LogP contribution in [0.25, 0.3) is 0 Å². The summed E-state index contributed by atoms with van der Waals surface area (Å²) < 4.78 is 6.38. The van der Waals surface area contributed by atoms with Gasteiger partial charge in [-0.3, -0.25) is 19.1 Å². The summed E-state index contributed by atoms with van der Waals surface area (Å²) in [4.78, 5) is 36.2. The molecule has 2 rings (SSSR count).